The summed E-state index contributed by atoms with van der Waals surface area (Å²) in [5.74, 6) is 0.754. The summed E-state index contributed by atoms with van der Waals surface area (Å²) in [4.78, 5) is 2.53. The molecule has 1 saturated heterocycles. The van der Waals surface area contributed by atoms with Crippen molar-refractivity contribution >= 4 is 5.82 Å². The van der Waals surface area contributed by atoms with E-state index < -0.39 is 0 Å². The molecule has 1 fully saturated rings. The Morgan fingerprint density at radius 1 is 1.44 bits per heavy atom. The number of nitrogens with two attached hydrogens (primary N) is 1. The monoisotopic (exact) mass is 222 g/mol. The second-order valence-corrected chi connectivity index (χ2v) is 4.96. The summed E-state index contributed by atoms with van der Waals surface area (Å²) in [5, 5.41) is 4.52. The van der Waals surface area contributed by atoms with Gasteiger partial charge in [-0.2, -0.15) is 5.10 Å². The summed E-state index contributed by atoms with van der Waals surface area (Å²) < 4.78 is 1.77. The molecule has 1 aliphatic rings. The fraction of sp³-hybridized carbons (Fsp3) is 0.750. The number of nitrogens with zero attached hydrogens (tertiary/aromatic N) is 3. The minimum Gasteiger partial charge on any atom is -0.384 e. The van der Waals surface area contributed by atoms with Crippen LogP contribution >= 0.6 is 0 Å². The van der Waals surface area contributed by atoms with Gasteiger partial charge in [0, 0.05) is 19.2 Å². The van der Waals surface area contributed by atoms with Gasteiger partial charge in [0.05, 0.1) is 11.7 Å². The number of aromatic nitrogens is 2. The van der Waals surface area contributed by atoms with Gasteiger partial charge in [-0.15, -0.1) is 0 Å². The molecule has 1 aromatic rings. The van der Waals surface area contributed by atoms with Crippen molar-refractivity contribution in [3.05, 3.63) is 11.8 Å². The Labute approximate surface area is 97.4 Å². The molecule has 16 heavy (non-hydrogen) atoms. The maximum atomic E-state index is 5.85. The van der Waals surface area contributed by atoms with Gasteiger partial charge in [0.1, 0.15) is 5.82 Å². The van der Waals surface area contributed by atoms with Gasteiger partial charge in [0.2, 0.25) is 0 Å². The second kappa shape index (κ2) is 4.45. The molecule has 0 aliphatic carbocycles. The highest BCUT2D eigenvalue weighted by Crippen LogP contribution is 2.32. The summed E-state index contributed by atoms with van der Waals surface area (Å²) in [7, 11) is 1.90. The zero-order valence-corrected chi connectivity index (χ0v) is 10.5. The van der Waals surface area contributed by atoms with Crippen LogP contribution in [0.1, 0.15) is 44.8 Å². The van der Waals surface area contributed by atoms with E-state index in [0.29, 0.717) is 12.1 Å². The maximum Gasteiger partial charge on any atom is 0.121 e. The van der Waals surface area contributed by atoms with Crippen molar-refractivity contribution in [3.63, 3.8) is 0 Å². The standard InChI is InChI=1S/C12H22N4/c1-9(2)16-7-5-4-6-11(16)10-8-12(13)15(3)14-10/h8-9,11H,4-7,13H2,1-3H3. The van der Waals surface area contributed by atoms with Gasteiger partial charge in [0.25, 0.3) is 0 Å². The smallest absolute Gasteiger partial charge is 0.121 e. The van der Waals surface area contributed by atoms with Gasteiger partial charge in [-0.3, -0.25) is 9.58 Å². The molecule has 2 rings (SSSR count). The van der Waals surface area contributed by atoms with E-state index in [2.05, 4.69) is 23.8 Å². The summed E-state index contributed by atoms with van der Waals surface area (Å²) >= 11 is 0. The molecule has 0 aromatic carbocycles. The van der Waals surface area contributed by atoms with E-state index in [9.17, 15) is 0 Å². The van der Waals surface area contributed by atoms with Crippen LogP contribution in [-0.4, -0.2) is 27.3 Å². The second-order valence-electron chi connectivity index (χ2n) is 4.96. The average Bonchev–Trinajstić information content (AvgIpc) is 2.59. The molecular formula is C12H22N4. The number of aryl methyl sites for hydroxylation is 1. The van der Waals surface area contributed by atoms with Crippen molar-refractivity contribution < 1.29 is 0 Å². The normalized spacial score (nSPS) is 22.9. The molecule has 0 saturated carbocycles. The van der Waals surface area contributed by atoms with Crippen LogP contribution in [0.5, 0.6) is 0 Å². The van der Waals surface area contributed by atoms with Crippen molar-refractivity contribution in [1.29, 1.82) is 0 Å². The summed E-state index contributed by atoms with van der Waals surface area (Å²) in [6.07, 6.45) is 3.80. The quantitative estimate of drug-likeness (QED) is 0.832. The van der Waals surface area contributed by atoms with Gasteiger partial charge in [-0.25, -0.2) is 0 Å². The van der Waals surface area contributed by atoms with E-state index >= 15 is 0 Å². The molecule has 4 nitrogen and oxygen atoms in total. The van der Waals surface area contributed by atoms with E-state index in [-0.39, 0.29) is 0 Å². The Hall–Kier alpha value is -1.03. The van der Waals surface area contributed by atoms with E-state index in [1.807, 2.05) is 13.1 Å². The molecule has 1 unspecified atom stereocenters. The van der Waals surface area contributed by atoms with Gasteiger partial charge < -0.3 is 5.73 Å². The predicted molar refractivity (Wildman–Crippen MR) is 66.1 cm³/mol. The van der Waals surface area contributed by atoms with Crippen molar-refractivity contribution in [2.24, 2.45) is 7.05 Å². The number of rotatable bonds is 2. The van der Waals surface area contributed by atoms with Gasteiger partial charge >= 0.3 is 0 Å². The highest BCUT2D eigenvalue weighted by Gasteiger charge is 2.27. The first-order valence-electron chi connectivity index (χ1n) is 6.14. The Morgan fingerprint density at radius 3 is 2.75 bits per heavy atom. The summed E-state index contributed by atoms with van der Waals surface area (Å²) in [5.41, 5.74) is 6.98. The van der Waals surface area contributed by atoms with E-state index in [4.69, 9.17) is 5.73 Å². The molecule has 1 atom stereocenters. The van der Waals surface area contributed by atoms with Crippen molar-refractivity contribution in [2.75, 3.05) is 12.3 Å². The number of hydrogen-bond acceptors (Lipinski definition) is 3. The highest BCUT2D eigenvalue weighted by atomic mass is 15.3. The first kappa shape index (κ1) is 11.5. The van der Waals surface area contributed by atoms with Crippen LogP contribution in [0.15, 0.2) is 6.07 Å². The molecule has 2 heterocycles. The van der Waals surface area contributed by atoms with Crippen molar-refractivity contribution in [1.82, 2.24) is 14.7 Å². The Kier molecular flexibility index (Phi) is 3.19. The number of piperidine rings is 1. The zero-order valence-electron chi connectivity index (χ0n) is 10.5. The molecule has 0 bridgehead atoms. The predicted octanol–water partition coefficient (Wildman–Crippen LogP) is 1.94. The van der Waals surface area contributed by atoms with Crippen LogP contribution in [0.4, 0.5) is 5.82 Å². The largest absolute Gasteiger partial charge is 0.384 e. The van der Waals surface area contributed by atoms with E-state index in [1.165, 1.54) is 25.8 Å². The first-order chi connectivity index (χ1) is 7.59. The van der Waals surface area contributed by atoms with Crippen LogP contribution in [0.3, 0.4) is 0 Å². The average molecular weight is 222 g/mol. The van der Waals surface area contributed by atoms with Crippen LogP contribution < -0.4 is 5.73 Å². The van der Waals surface area contributed by atoms with Crippen molar-refractivity contribution in [2.45, 2.75) is 45.2 Å². The molecule has 90 valence electrons. The lowest BCUT2D eigenvalue weighted by atomic mass is 9.98. The van der Waals surface area contributed by atoms with Crippen LogP contribution in [-0.2, 0) is 7.05 Å². The minimum atomic E-state index is 0.456. The lowest BCUT2D eigenvalue weighted by molar-refractivity contribution is 0.109. The fourth-order valence-electron chi connectivity index (χ4n) is 2.56. The fourth-order valence-corrected chi connectivity index (χ4v) is 2.56. The molecule has 1 aromatic heterocycles. The van der Waals surface area contributed by atoms with Crippen LogP contribution in [0, 0.1) is 0 Å². The van der Waals surface area contributed by atoms with Gasteiger partial charge in [0.15, 0.2) is 0 Å². The summed E-state index contributed by atoms with van der Waals surface area (Å²) in [6, 6.07) is 3.05. The molecule has 1 aliphatic heterocycles. The molecular weight excluding hydrogens is 200 g/mol. The third-order valence-electron chi connectivity index (χ3n) is 3.48. The Bertz CT molecular complexity index is 336. The number of nitrogen functional groups attached to an aromatic ring is 1. The lowest BCUT2D eigenvalue weighted by Crippen LogP contribution is -2.38. The third-order valence-corrected chi connectivity index (χ3v) is 3.48. The van der Waals surface area contributed by atoms with E-state index in [0.717, 1.165) is 11.5 Å². The first-order valence-corrected chi connectivity index (χ1v) is 6.14. The highest BCUT2D eigenvalue weighted by molar-refractivity contribution is 5.32. The lowest BCUT2D eigenvalue weighted by Gasteiger charge is -2.37. The molecule has 0 radical (unpaired) electrons. The molecule has 0 amide bonds. The molecule has 0 spiro atoms. The maximum absolute atomic E-state index is 5.85. The number of hydrogen-bond donors (Lipinski definition) is 1. The topological polar surface area (TPSA) is 47.1 Å². The third kappa shape index (κ3) is 2.07. The van der Waals surface area contributed by atoms with E-state index in [1.54, 1.807) is 4.68 Å². The summed E-state index contributed by atoms with van der Waals surface area (Å²) in [6.45, 7) is 5.69. The van der Waals surface area contributed by atoms with Crippen molar-refractivity contribution in [3.8, 4) is 0 Å². The zero-order chi connectivity index (χ0) is 11.7. The Balaban J connectivity index is 2.23. The SMILES string of the molecule is CC(C)N1CCCCC1c1cc(N)n(C)n1. The van der Waals surface area contributed by atoms with Gasteiger partial charge in [-0.05, 0) is 33.2 Å². The van der Waals surface area contributed by atoms with Crippen LogP contribution in [0.2, 0.25) is 0 Å². The molecule has 2 N–H and O–H groups in total. The Morgan fingerprint density at radius 2 is 2.19 bits per heavy atom. The van der Waals surface area contributed by atoms with Gasteiger partial charge in [-0.1, -0.05) is 6.42 Å². The minimum absolute atomic E-state index is 0.456. The van der Waals surface area contributed by atoms with Crippen LogP contribution in [0.25, 0.3) is 0 Å². The number of likely N-dealkylation sites (tertiary alicyclic amines) is 1. The number of anilines is 1. The molecule has 4 heteroatoms.